The first-order valence-corrected chi connectivity index (χ1v) is 11.1. The number of aromatic nitrogens is 1. The Labute approximate surface area is 206 Å². The van der Waals surface area contributed by atoms with Gasteiger partial charge in [-0.15, -0.1) is 0 Å². The number of fused-ring (bicyclic) bond motifs is 1. The van der Waals surface area contributed by atoms with Gasteiger partial charge in [-0.3, -0.25) is 4.79 Å². The van der Waals surface area contributed by atoms with Gasteiger partial charge in [0.2, 0.25) is 0 Å². The lowest BCUT2D eigenvalue weighted by molar-refractivity contribution is -0.110. The van der Waals surface area contributed by atoms with Crippen molar-refractivity contribution in [3.63, 3.8) is 0 Å². The number of urea groups is 1. The van der Waals surface area contributed by atoms with Gasteiger partial charge in [-0.05, 0) is 60.7 Å². The fourth-order valence-corrected chi connectivity index (χ4v) is 3.90. The lowest BCUT2D eigenvalue weighted by Gasteiger charge is -2.12. The van der Waals surface area contributed by atoms with Crippen LogP contribution in [0.5, 0.6) is 5.75 Å². The second kappa shape index (κ2) is 9.67. The van der Waals surface area contributed by atoms with E-state index in [0.717, 1.165) is 16.9 Å². The number of methoxy groups -OCH3 is 1. The Morgan fingerprint density at radius 3 is 2.56 bits per heavy atom. The van der Waals surface area contributed by atoms with E-state index in [2.05, 4.69) is 26.3 Å². The number of nitrogens with one attached hydrogen (secondary N) is 5. The Bertz CT molecular complexity index is 1480. The molecule has 2 heterocycles. The molecule has 1 aliphatic rings. The van der Waals surface area contributed by atoms with Gasteiger partial charge in [0.25, 0.3) is 5.91 Å². The molecule has 0 unspecified atom stereocenters. The smallest absolute Gasteiger partial charge is 0.323 e. The van der Waals surface area contributed by atoms with Crippen LogP contribution in [0.1, 0.15) is 11.3 Å². The number of carbonyl (C=O) groups excluding carboxylic acids is 2. The molecule has 0 aliphatic carbocycles. The van der Waals surface area contributed by atoms with Gasteiger partial charge < -0.3 is 31.0 Å². The molecule has 5 rings (SSSR count). The van der Waals surface area contributed by atoms with Crippen LogP contribution in [0.4, 0.5) is 37.6 Å². The zero-order chi connectivity index (χ0) is 25.1. The van der Waals surface area contributed by atoms with Gasteiger partial charge in [-0.2, -0.15) is 0 Å². The van der Waals surface area contributed by atoms with Crippen LogP contribution in [0.25, 0.3) is 11.6 Å². The molecule has 1 aliphatic heterocycles. The van der Waals surface area contributed by atoms with Crippen LogP contribution in [0.3, 0.4) is 0 Å². The number of amides is 3. The van der Waals surface area contributed by atoms with Crippen molar-refractivity contribution in [1.82, 2.24) is 4.98 Å². The summed E-state index contributed by atoms with van der Waals surface area (Å²) < 4.78 is 19.2. The fourth-order valence-electron chi connectivity index (χ4n) is 3.90. The summed E-state index contributed by atoms with van der Waals surface area (Å²) in [6.45, 7) is 0. The number of H-pyrrole nitrogens is 1. The molecule has 0 fully saturated rings. The van der Waals surface area contributed by atoms with Crippen LogP contribution in [0, 0.1) is 5.82 Å². The summed E-state index contributed by atoms with van der Waals surface area (Å²) in [4.78, 5) is 28.0. The minimum absolute atomic E-state index is 0.00556. The van der Waals surface area contributed by atoms with Crippen LogP contribution < -0.4 is 26.0 Å². The maximum Gasteiger partial charge on any atom is 0.323 e. The van der Waals surface area contributed by atoms with Crippen LogP contribution in [-0.2, 0) is 4.79 Å². The molecule has 0 bridgehead atoms. The van der Waals surface area contributed by atoms with Gasteiger partial charge in [0, 0.05) is 34.5 Å². The van der Waals surface area contributed by atoms with E-state index >= 15 is 0 Å². The largest absolute Gasteiger partial charge is 0.494 e. The fraction of sp³-hybridized carbons (Fsp3) is 0.0370. The zero-order valence-corrected chi connectivity index (χ0v) is 19.2. The third-order valence-corrected chi connectivity index (χ3v) is 5.56. The molecule has 0 atom stereocenters. The minimum Gasteiger partial charge on any atom is -0.494 e. The molecule has 9 heteroatoms. The molecule has 1 aromatic heterocycles. The average molecular weight is 484 g/mol. The molecule has 5 N–H and O–H groups in total. The summed E-state index contributed by atoms with van der Waals surface area (Å²) in [6, 6.07) is 20.3. The summed E-state index contributed by atoms with van der Waals surface area (Å²) in [5.74, 6) is -0.780. The predicted octanol–water partition coefficient (Wildman–Crippen LogP) is 6.04. The van der Waals surface area contributed by atoms with Crippen molar-refractivity contribution < 1.29 is 18.7 Å². The number of hydrogen-bond acceptors (Lipinski definition) is 4. The summed E-state index contributed by atoms with van der Waals surface area (Å²) in [7, 11) is 1.36. The third-order valence-electron chi connectivity index (χ3n) is 5.56. The van der Waals surface area contributed by atoms with E-state index in [1.165, 1.54) is 19.2 Å². The lowest BCUT2D eigenvalue weighted by atomic mass is 10.1. The number of hydrogen-bond donors (Lipinski definition) is 5. The van der Waals surface area contributed by atoms with E-state index < -0.39 is 11.8 Å². The van der Waals surface area contributed by atoms with Crippen LogP contribution in [0.15, 0.2) is 79.0 Å². The van der Waals surface area contributed by atoms with Crippen molar-refractivity contribution >= 4 is 52.0 Å². The lowest BCUT2D eigenvalue weighted by Crippen LogP contribution is -2.20. The molecule has 8 nitrogen and oxygen atoms in total. The van der Waals surface area contributed by atoms with E-state index in [1.54, 1.807) is 30.5 Å². The second-order valence-electron chi connectivity index (χ2n) is 8.00. The van der Waals surface area contributed by atoms with E-state index in [-0.39, 0.29) is 17.3 Å². The number of rotatable bonds is 6. The van der Waals surface area contributed by atoms with Gasteiger partial charge in [0.15, 0.2) is 11.6 Å². The van der Waals surface area contributed by atoms with Crippen LogP contribution in [-0.4, -0.2) is 24.0 Å². The Balaban J connectivity index is 1.28. The molecule has 3 amide bonds. The summed E-state index contributed by atoms with van der Waals surface area (Å²) in [6.07, 6.45) is 3.61. The van der Waals surface area contributed by atoms with E-state index in [1.807, 2.05) is 42.5 Å². The average Bonchev–Trinajstić information content (AvgIpc) is 3.48. The highest BCUT2D eigenvalue weighted by atomic mass is 19.1. The first-order valence-electron chi connectivity index (χ1n) is 11.1. The maximum atomic E-state index is 14.3. The molecule has 3 aromatic carbocycles. The second-order valence-corrected chi connectivity index (χ2v) is 8.00. The number of anilines is 5. The van der Waals surface area contributed by atoms with Crippen molar-refractivity contribution in [2.24, 2.45) is 0 Å². The first-order chi connectivity index (χ1) is 17.5. The highest BCUT2D eigenvalue weighted by Gasteiger charge is 2.24. The molecule has 0 spiro atoms. The number of ether oxygens (including phenoxy) is 1. The van der Waals surface area contributed by atoms with Crippen molar-refractivity contribution in [3.8, 4) is 5.75 Å². The Hall–Kier alpha value is -5.05. The molecule has 4 aromatic rings. The monoisotopic (exact) mass is 483 g/mol. The van der Waals surface area contributed by atoms with Crippen molar-refractivity contribution in [2.75, 3.05) is 28.4 Å². The number of benzene rings is 3. The summed E-state index contributed by atoms with van der Waals surface area (Å²) in [5.41, 5.74) is 4.94. The number of halogens is 1. The SMILES string of the molecule is COc1cccc(NC(=O)Nc2cccc(Nc3ccc4c(c3)NC(=O)C4=Cc3ccc[nH]3)c2)c1F. The summed E-state index contributed by atoms with van der Waals surface area (Å²) >= 11 is 0. The number of carbonyl (C=O) groups is 2. The quantitative estimate of drug-likeness (QED) is 0.215. The molecule has 0 radical (unpaired) electrons. The molecular formula is C27H22FN5O3. The Kier molecular flexibility index (Phi) is 6.10. The third kappa shape index (κ3) is 4.76. The molecule has 36 heavy (non-hydrogen) atoms. The highest BCUT2D eigenvalue weighted by Crippen LogP contribution is 2.35. The van der Waals surface area contributed by atoms with Crippen molar-refractivity contribution in [1.29, 1.82) is 0 Å². The van der Waals surface area contributed by atoms with E-state index in [4.69, 9.17) is 4.74 Å². The first kappa shape index (κ1) is 22.7. The van der Waals surface area contributed by atoms with E-state index in [0.29, 0.717) is 22.6 Å². The summed E-state index contributed by atoms with van der Waals surface area (Å²) in [5, 5.41) is 11.3. The van der Waals surface area contributed by atoms with Gasteiger partial charge in [0.1, 0.15) is 0 Å². The van der Waals surface area contributed by atoms with Gasteiger partial charge in [-0.1, -0.05) is 18.2 Å². The van der Waals surface area contributed by atoms with Crippen LogP contribution >= 0.6 is 0 Å². The topological polar surface area (TPSA) is 107 Å². The van der Waals surface area contributed by atoms with Gasteiger partial charge in [-0.25, -0.2) is 9.18 Å². The Morgan fingerprint density at radius 2 is 1.75 bits per heavy atom. The molecular weight excluding hydrogens is 461 g/mol. The van der Waals surface area contributed by atoms with Crippen molar-refractivity contribution in [3.05, 3.63) is 96.1 Å². The zero-order valence-electron chi connectivity index (χ0n) is 19.2. The van der Waals surface area contributed by atoms with Gasteiger partial charge in [0.05, 0.1) is 24.1 Å². The Morgan fingerprint density at radius 1 is 0.944 bits per heavy atom. The minimum atomic E-state index is -0.653. The number of aromatic amines is 1. The van der Waals surface area contributed by atoms with Crippen LogP contribution in [0.2, 0.25) is 0 Å². The predicted molar refractivity (Wildman–Crippen MR) is 139 cm³/mol. The van der Waals surface area contributed by atoms with E-state index in [9.17, 15) is 14.0 Å². The normalized spacial score (nSPS) is 13.2. The molecule has 0 saturated heterocycles. The standard InChI is InChI=1S/C27H22FN5O3/c1-36-24-9-3-8-22(25(24)28)33-27(35)31-18-6-2-5-17(13-18)30-19-10-11-20-21(14-16-7-4-12-29-16)26(34)32-23(20)15-19/h2-15,29-30H,1H3,(H,32,34)(H2,31,33,35). The van der Waals surface area contributed by atoms with Gasteiger partial charge >= 0.3 is 6.03 Å². The molecule has 180 valence electrons. The maximum absolute atomic E-state index is 14.3. The van der Waals surface area contributed by atoms with Crippen molar-refractivity contribution in [2.45, 2.75) is 0 Å². The highest BCUT2D eigenvalue weighted by molar-refractivity contribution is 6.35. The molecule has 0 saturated carbocycles.